The van der Waals surface area contributed by atoms with Gasteiger partial charge in [-0.25, -0.2) is 18.4 Å². The van der Waals surface area contributed by atoms with Crippen LogP contribution in [0.2, 0.25) is 0 Å². The fraction of sp³-hybridized carbons (Fsp3) is 0.444. The first kappa shape index (κ1) is 17.8. The van der Waals surface area contributed by atoms with Crippen molar-refractivity contribution in [1.29, 1.82) is 0 Å². The molecule has 0 bridgehead atoms. The Morgan fingerprint density at radius 2 is 1.96 bits per heavy atom. The maximum Gasteiger partial charge on any atom is 0.223 e. The molecule has 3 rings (SSSR count). The lowest BCUT2D eigenvalue weighted by Crippen LogP contribution is -2.29. The summed E-state index contributed by atoms with van der Waals surface area (Å²) in [7, 11) is -3.20. The van der Waals surface area contributed by atoms with Crippen LogP contribution < -0.4 is 5.32 Å². The Labute approximate surface area is 148 Å². The average molecular weight is 361 g/mol. The number of hydrogen-bond acceptors (Lipinski definition) is 6. The summed E-state index contributed by atoms with van der Waals surface area (Å²) >= 11 is 0. The van der Waals surface area contributed by atoms with E-state index in [1.165, 1.54) is 6.26 Å². The fourth-order valence-corrected chi connectivity index (χ4v) is 3.86. The first-order chi connectivity index (χ1) is 12.0. The van der Waals surface area contributed by atoms with E-state index in [2.05, 4.69) is 15.3 Å². The Morgan fingerprint density at radius 3 is 2.64 bits per heavy atom. The number of sulfone groups is 1. The molecule has 0 spiro atoms. The quantitative estimate of drug-likeness (QED) is 0.850. The number of aliphatic hydroxyl groups is 1. The van der Waals surface area contributed by atoms with Gasteiger partial charge in [-0.3, -0.25) is 0 Å². The Kier molecular flexibility index (Phi) is 5.34. The maximum absolute atomic E-state index is 11.6. The number of nitrogens with zero attached hydrogens (tertiary/aromatic N) is 2. The zero-order chi connectivity index (χ0) is 17.9. The standard InChI is InChI=1S/C18H23N3O3S/c1-25(23,24)16-7-5-14(6-8-16)17-9-10-19-18(21-17)20-15-4-2-3-13(11-15)12-22/h5-10,13,15,22H,2-4,11-12H2,1H3,(H,19,20,21)/t13-,15+/m1/s1. The highest BCUT2D eigenvalue weighted by Gasteiger charge is 2.22. The SMILES string of the molecule is CS(=O)(=O)c1ccc(-c2ccnc(N[C@H]3CCC[C@@H](CO)C3)n2)cc1. The van der Waals surface area contributed by atoms with Gasteiger partial charge in [0, 0.05) is 30.7 Å². The molecule has 0 aliphatic heterocycles. The summed E-state index contributed by atoms with van der Waals surface area (Å²) in [6.45, 7) is 0.228. The second-order valence-electron chi connectivity index (χ2n) is 6.62. The lowest BCUT2D eigenvalue weighted by atomic mass is 9.86. The molecule has 1 aliphatic rings. The van der Waals surface area contributed by atoms with E-state index in [4.69, 9.17) is 0 Å². The van der Waals surface area contributed by atoms with Gasteiger partial charge in [-0.2, -0.15) is 0 Å². The Bertz CT molecular complexity index is 822. The molecule has 2 N–H and O–H groups in total. The highest BCUT2D eigenvalue weighted by Crippen LogP contribution is 2.26. The summed E-state index contributed by atoms with van der Waals surface area (Å²) < 4.78 is 23.1. The number of nitrogens with one attached hydrogen (secondary N) is 1. The zero-order valence-electron chi connectivity index (χ0n) is 14.2. The zero-order valence-corrected chi connectivity index (χ0v) is 15.0. The molecule has 0 amide bonds. The van der Waals surface area contributed by atoms with Crippen molar-refractivity contribution in [3.8, 4) is 11.3 Å². The first-order valence-corrected chi connectivity index (χ1v) is 10.4. The van der Waals surface area contributed by atoms with Crippen molar-refractivity contribution in [2.45, 2.75) is 36.6 Å². The molecule has 1 saturated carbocycles. The van der Waals surface area contributed by atoms with E-state index >= 15 is 0 Å². The predicted octanol–water partition coefficient (Wildman–Crippen LogP) is 2.51. The molecule has 0 radical (unpaired) electrons. The Balaban J connectivity index is 1.75. The van der Waals surface area contributed by atoms with Gasteiger partial charge in [0.1, 0.15) is 0 Å². The van der Waals surface area contributed by atoms with Crippen LogP contribution in [0.5, 0.6) is 0 Å². The second-order valence-corrected chi connectivity index (χ2v) is 8.63. The minimum atomic E-state index is -3.20. The second kappa shape index (κ2) is 7.49. The van der Waals surface area contributed by atoms with Crippen LogP contribution in [0.1, 0.15) is 25.7 Å². The molecule has 134 valence electrons. The van der Waals surface area contributed by atoms with Crippen molar-refractivity contribution < 1.29 is 13.5 Å². The van der Waals surface area contributed by atoms with Crippen LogP contribution in [0.4, 0.5) is 5.95 Å². The molecule has 0 saturated heterocycles. The van der Waals surface area contributed by atoms with Crippen LogP contribution in [-0.2, 0) is 9.84 Å². The summed E-state index contributed by atoms with van der Waals surface area (Å²) in [6.07, 6.45) is 7.03. The monoisotopic (exact) mass is 361 g/mol. The molecule has 7 heteroatoms. The van der Waals surface area contributed by atoms with E-state index in [0.29, 0.717) is 16.8 Å². The van der Waals surface area contributed by atoms with Gasteiger partial charge in [0.2, 0.25) is 5.95 Å². The van der Waals surface area contributed by atoms with Gasteiger partial charge in [0.25, 0.3) is 0 Å². The normalized spacial score (nSPS) is 21.0. The number of aromatic nitrogens is 2. The fourth-order valence-electron chi connectivity index (χ4n) is 3.23. The van der Waals surface area contributed by atoms with Crippen molar-refractivity contribution in [1.82, 2.24) is 9.97 Å². The molecular weight excluding hydrogens is 338 g/mol. The van der Waals surface area contributed by atoms with Crippen LogP contribution in [0.15, 0.2) is 41.4 Å². The van der Waals surface area contributed by atoms with Crippen LogP contribution in [0, 0.1) is 5.92 Å². The summed E-state index contributed by atoms with van der Waals surface area (Å²) in [5.74, 6) is 0.909. The maximum atomic E-state index is 11.6. The summed E-state index contributed by atoms with van der Waals surface area (Å²) in [6, 6.07) is 8.77. The molecule has 1 heterocycles. The highest BCUT2D eigenvalue weighted by molar-refractivity contribution is 7.90. The number of hydrogen-bond donors (Lipinski definition) is 2. The third-order valence-electron chi connectivity index (χ3n) is 4.61. The van der Waals surface area contributed by atoms with Gasteiger partial charge < -0.3 is 10.4 Å². The van der Waals surface area contributed by atoms with Crippen LogP contribution in [0.25, 0.3) is 11.3 Å². The minimum absolute atomic E-state index is 0.228. The van der Waals surface area contributed by atoms with Gasteiger partial charge >= 0.3 is 0 Å². The molecule has 25 heavy (non-hydrogen) atoms. The van der Waals surface area contributed by atoms with E-state index in [-0.39, 0.29) is 12.6 Å². The van der Waals surface area contributed by atoms with Gasteiger partial charge in [-0.15, -0.1) is 0 Å². The van der Waals surface area contributed by atoms with Crippen LogP contribution in [0.3, 0.4) is 0 Å². The molecule has 1 fully saturated rings. The molecule has 2 atom stereocenters. The molecule has 1 aromatic carbocycles. The van der Waals surface area contributed by atoms with Crippen molar-refractivity contribution in [2.24, 2.45) is 5.92 Å². The molecule has 6 nitrogen and oxygen atoms in total. The van der Waals surface area contributed by atoms with Crippen molar-refractivity contribution in [3.05, 3.63) is 36.5 Å². The van der Waals surface area contributed by atoms with E-state index in [0.717, 1.165) is 36.9 Å². The van der Waals surface area contributed by atoms with Gasteiger partial charge in [0.05, 0.1) is 10.6 Å². The summed E-state index contributed by atoms with van der Waals surface area (Å²) in [4.78, 5) is 9.12. The lowest BCUT2D eigenvalue weighted by Gasteiger charge is -2.28. The lowest BCUT2D eigenvalue weighted by molar-refractivity contribution is 0.184. The predicted molar refractivity (Wildman–Crippen MR) is 97.0 cm³/mol. The summed E-state index contributed by atoms with van der Waals surface area (Å²) in [5.41, 5.74) is 1.58. The number of aliphatic hydroxyl groups excluding tert-OH is 1. The van der Waals surface area contributed by atoms with Crippen molar-refractivity contribution >= 4 is 15.8 Å². The number of anilines is 1. The third-order valence-corrected chi connectivity index (χ3v) is 5.74. The van der Waals surface area contributed by atoms with E-state index < -0.39 is 9.84 Å². The Hall–Kier alpha value is -1.99. The molecule has 0 unspecified atom stereocenters. The van der Waals surface area contributed by atoms with E-state index in [9.17, 15) is 13.5 Å². The molecule has 1 aliphatic carbocycles. The number of benzene rings is 1. The average Bonchev–Trinajstić information content (AvgIpc) is 2.61. The number of rotatable bonds is 5. The van der Waals surface area contributed by atoms with E-state index in [1.807, 2.05) is 0 Å². The molecule has 2 aromatic rings. The van der Waals surface area contributed by atoms with Gasteiger partial charge in [-0.05, 0) is 43.4 Å². The highest BCUT2D eigenvalue weighted by atomic mass is 32.2. The molecule has 1 aromatic heterocycles. The Morgan fingerprint density at radius 1 is 1.20 bits per heavy atom. The van der Waals surface area contributed by atoms with Crippen molar-refractivity contribution in [3.63, 3.8) is 0 Å². The van der Waals surface area contributed by atoms with Gasteiger partial charge in [0.15, 0.2) is 9.84 Å². The van der Waals surface area contributed by atoms with Crippen molar-refractivity contribution in [2.75, 3.05) is 18.2 Å². The van der Waals surface area contributed by atoms with Crippen LogP contribution >= 0.6 is 0 Å². The minimum Gasteiger partial charge on any atom is -0.396 e. The summed E-state index contributed by atoms with van der Waals surface area (Å²) in [5, 5.41) is 12.7. The van der Waals surface area contributed by atoms with Gasteiger partial charge in [-0.1, -0.05) is 18.6 Å². The third kappa shape index (κ3) is 4.55. The molecular formula is C18H23N3O3S. The van der Waals surface area contributed by atoms with E-state index in [1.54, 1.807) is 36.5 Å². The van der Waals surface area contributed by atoms with Crippen LogP contribution in [-0.4, -0.2) is 42.4 Å². The first-order valence-electron chi connectivity index (χ1n) is 8.46. The topological polar surface area (TPSA) is 92.2 Å². The smallest absolute Gasteiger partial charge is 0.223 e. The largest absolute Gasteiger partial charge is 0.396 e.